The molecule has 1 fully saturated rings. The summed E-state index contributed by atoms with van der Waals surface area (Å²) in [6.07, 6.45) is 1.82. The molecule has 1 unspecified atom stereocenters. The smallest absolute Gasteiger partial charge is 0.254 e. The number of benzene rings is 2. The molecule has 2 aromatic rings. The van der Waals surface area contributed by atoms with Gasteiger partial charge in [0.25, 0.3) is 5.91 Å². The van der Waals surface area contributed by atoms with Crippen LogP contribution >= 0.6 is 0 Å². The molecule has 1 aliphatic rings. The van der Waals surface area contributed by atoms with Crippen molar-refractivity contribution >= 4 is 15.9 Å². The van der Waals surface area contributed by atoms with Crippen LogP contribution in [-0.2, 0) is 10.0 Å². The fourth-order valence-electron chi connectivity index (χ4n) is 3.33. The Kier molecular flexibility index (Phi) is 5.29. The zero-order valence-electron chi connectivity index (χ0n) is 14.8. The van der Waals surface area contributed by atoms with Crippen molar-refractivity contribution in [3.63, 3.8) is 0 Å². The molecule has 138 valence electrons. The Balaban J connectivity index is 1.96. The fourth-order valence-corrected chi connectivity index (χ4v) is 4.25. The SMILES string of the molecule is CNS(=O)(=O)c1cc(C(=O)N2CCCC2c2ccccc2)ccc1OC. The number of carbonyl (C=O) groups excluding carboxylic acids is 1. The van der Waals surface area contributed by atoms with Gasteiger partial charge in [-0.3, -0.25) is 4.79 Å². The zero-order chi connectivity index (χ0) is 18.7. The molecule has 1 aliphatic heterocycles. The molecule has 0 aliphatic carbocycles. The van der Waals surface area contributed by atoms with Crippen molar-refractivity contribution in [2.24, 2.45) is 0 Å². The lowest BCUT2D eigenvalue weighted by Gasteiger charge is -2.25. The van der Waals surface area contributed by atoms with E-state index in [2.05, 4.69) is 4.72 Å². The molecule has 7 heteroatoms. The molecule has 1 saturated heterocycles. The third kappa shape index (κ3) is 3.45. The van der Waals surface area contributed by atoms with Crippen LogP contribution in [0.2, 0.25) is 0 Å². The molecule has 6 nitrogen and oxygen atoms in total. The first kappa shape index (κ1) is 18.4. The number of carbonyl (C=O) groups is 1. The number of sulfonamides is 1. The van der Waals surface area contributed by atoms with Crippen LogP contribution < -0.4 is 9.46 Å². The van der Waals surface area contributed by atoms with Gasteiger partial charge >= 0.3 is 0 Å². The monoisotopic (exact) mass is 374 g/mol. The van der Waals surface area contributed by atoms with Gasteiger partial charge in [-0.1, -0.05) is 30.3 Å². The summed E-state index contributed by atoms with van der Waals surface area (Å²) in [5, 5.41) is 0. The lowest BCUT2D eigenvalue weighted by molar-refractivity contribution is 0.0735. The summed E-state index contributed by atoms with van der Waals surface area (Å²) in [7, 11) is -1.00. The van der Waals surface area contributed by atoms with E-state index in [9.17, 15) is 13.2 Å². The maximum absolute atomic E-state index is 13.1. The quantitative estimate of drug-likeness (QED) is 0.873. The number of hydrogen-bond donors (Lipinski definition) is 1. The second-order valence-electron chi connectivity index (χ2n) is 6.14. The fraction of sp³-hybridized carbons (Fsp3) is 0.316. The van der Waals surface area contributed by atoms with Crippen LogP contribution in [-0.4, -0.2) is 39.9 Å². The highest BCUT2D eigenvalue weighted by molar-refractivity contribution is 7.89. The highest BCUT2D eigenvalue weighted by Gasteiger charge is 2.31. The van der Waals surface area contributed by atoms with E-state index in [4.69, 9.17) is 4.74 Å². The number of methoxy groups -OCH3 is 1. The highest BCUT2D eigenvalue weighted by atomic mass is 32.2. The topological polar surface area (TPSA) is 75.7 Å². The zero-order valence-corrected chi connectivity index (χ0v) is 15.6. The molecular formula is C19H22N2O4S. The average molecular weight is 374 g/mol. The average Bonchev–Trinajstić information content (AvgIpc) is 3.17. The van der Waals surface area contributed by atoms with Crippen LogP contribution in [0.1, 0.15) is 34.8 Å². The second kappa shape index (κ2) is 7.47. The summed E-state index contributed by atoms with van der Waals surface area (Å²) in [4.78, 5) is 14.8. The summed E-state index contributed by atoms with van der Waals surface area (Å²) in [5.41, 5.74) is 1.43. The van der Waals surface area contributed by atoms with Gasteiger partial charge in [0.15, 0.2) is 0 Å². The van der Waals surface area contributed by atoms with E-state index >= 15 is 0 Å². The molecule has 0 spiro atoms. The Labute approximate surface area is 153 Å². The predicted molar refractivity (Wildman–Crippen MR) is 98.7 cm³/mol. The van der Waals surface area contributed by atoms with Gasteiger partial charge in [-0.15, -0.1) is 0 Å². The molecule has 1 heterocycles. The minimum Gasteiger partial charge on any atom is -0.495 e. The number of rotatable bonds is 5. The summed E-state index contributed by atoms with van der Waals surface area (Å²) >= 11 is 0. The van der Waals surface area contributed by atoms with Gasteiger partial charge in [-0.05, 0) is 43.7 Å². The first-order valence-electron chi connectivity index (χ1n) is 8.45. The molecule has 0 aromatic heterocycles. The molecule has 0 bridgehead atoms. The molecule has 3 rings (SSSR count). The van der Waals surface area contributed by atoms with Crippen molar-refractivity contribution in [3.8, 4) is 5.75 Å². The van der Waals surface area contributed by atoms with Gasteiger partial charge in [0.2, 0.25) is 10.0 Å². The highest BCUT2D eigenvalue weighted by Crippen LogP contribution is 2.34. The van der Waals surface area contributed by atoms with E-state index < -0.39 is 10.0 Å². The number of amides is 1. The standard InChI is InChI=1S/C19H22N2O4S/c1-20-26(23,24)18-13-15(10-11-17(18)25-2)19(22)21-12-6-9-16(21)14-7-4-3-5-8-14/h3-5,7-8,10-11,13,16,20H,6,9,12H2,1-2H3. The van der Waals surface area contributed by atoms with E-state index in [1.807, 2.05) is 35.2 Å². The molecule has 26 heavy (non-hydrogen) atoms. The van der Waals surface area contributed by atoms with Gasteiger partial charge in [-0.2, -0.15) is 0 Å². The number of likely N-dealkylation sites (tertiary alicyclic amines) is 1. The van der Waals surface area contributed by atoms with Crippen molar-refractivity contribution in [2.45, 2.75) is 23.8 Å². The Morgan fingerprint density at radius 3 is 2.58 bits per heavy atom. The van der Waals surface area contributed by atoms with Gasteiger partial charge in [0, 0.05) is 12.1 Å². The summed E-state index contributed by atoms with van der Waals surface area (Å²) < 4.78 is 31.9. The molecule has 2 aromatic carbocycles. The van der Waals surface area contributed by atoms with Crippen molar-refractivity contribution in [1.29, 1.82) is 0 Å². The first-order chi connectivity index (χ1) is 12.5. The van der Waals surface area contributed by atoms with Gasteiger partial charge in [0.05, 0.1) is 13.2 Å². The van der Waals surface area contributed by atoms with Gasteiger partial charge < -0.3 is 9.64 Å². The van der Waals surface area contributed by atoms with E-state index in [0.717, 1.165) is 18.4 Å². The number of nitrogens with zero attached hydrogens (tertiary/aromatic N) is 1. The van der Waals surface area contributed by atoms with Crippen LogP contribution in [0.15, 0.2) is 53.4 Å². The Morgan fingerprint density at radius 1 is 1.19 bits per heavy atom. The third-order valence-corrected chi connectivity index (χ3v) is 6.10. The van der Waals surface area contributed by atoms with Crippen molar-refractivity contribution in [3.05, 3.63) is 59.7 Å². The molecule has 1 N–H and O–H groups in total. The third-order valence-electron chi connectivity index (χ3n) is 4.67. The van der Waals surface area contributed by atoms with Crippen LogP contribution in [0.25, 0.3) is 0 Å². The number of hydrogen-bond acceptors (Lipinski definition) is 4. The normalized spacial score (nSPS) is 17.3. The van der Waals surface area contributed by atoms with Crippen molar-refractivity contribution < 1.29 is 17.9 Å². The number of ether oxygens (including phenoxy) is 1. The molecule has 1 atom stereocenters. The maximum Gasteiger partial charge on any atom is 0.254 e. The Bertz CT molecular complexity index is 897. The first-order valence-corrected chi connectivity index (χ1v) is 9.93. The van der Waals surface area contributed by atoms with Crippen LogP contribution in [0.3, 0.4) is 0 Å². The Morgan fingerprint density at radius 2 is 1.92 bits per heavy atom. The van der Waals surface area contributed by atoms with E-state index in [-0.39, 0.29) is 22.6 Å². The lowest BCUT2D eigenvalue weighted by atomic mass is 10.0. The minimum absolute atomic E-state index is 0.00941. The second-order valence-corrected chi connectivity index (χ2v) is 8.00. The minimum atomic E-state index is -3.73. The van der Waals surface area contributed by atoms with Crippen LogP contribution in [0.5, 0.6) is 5.75 Å². The molecule has 1 amide bonds. The summed E-state index contributed by atoms with van der Waals surface area (Å²) in [6, 6.07) is 14.4. The maximum atomic E-state index is 13.1. The van der Waals surface area contributed by atoms with E-state index in [0.29, 0.717) is 12.1 Å². The van der Waals surface area contributed by atoms with Crippen molar-refractivity contribution in [2.75, 3.05) is 20.7 Å². The van der Waals surface area contributed by atoms with Crippen LogP contribution in [0.4, 0.5) is 0 Å². The molecule has 0 radical (unpaired) electrons. The van der Waals surface area contributed by atoms with E-state index in [1.165, 1.54) is 26.3 Å². The molecular weight excluding hydrogens is 352 g/mol. The van der Waals surface area contributed by atoms with E-state index in [1.54, 1.807) is 6.07 Å². The summed E-state index contributed by atoms with van der Waals surface area (Å²) in [6.45, 7) is 0.651. The van der Waals surface area contributed by atoms with Crippen molar-refractivity contribution in [1.82, 2.24) is 9.62 Å². The Hall–Kier alpha value is -2.38. The van der Waals surface area contributed by atoms with Gasteiger partial charge in [0.1, 0.15) is 10.6 Å². The largest absolute Gasteiger partial charge is 0.495 e. The summed E-state index contributed by atoms with van der Waals surface area (Å²) in [5.74, 6) is 0.0310. The number of nitrogens with one attached hydrogen (secondary N) is 1. The van der Waals surface area contributed by atoms with Gasteiger partial charge in [-0.25, -0.2) is 13.1 Å². The lowest BCUT2D eigenvalue weighted by Crippen LogP contribution is -2.31. The van der Waals surface area contributed by atoms with Crippen LogP contribution in [0, 0.1) is 0 Å². The predicted octanol–water partition coefficient (Wildman–Crippen LogP) is 2.58. The molecule has 0 saturated carbocycles.